The number of ether oxygens (including phenoxy) is 2. The number of hydrogen-bond acceptors (Lipinski definition) is 8. The quantitative estimate of drug-likeness (QED) is 0.185. The van der Waals surface area contributed by atoms with E-state index in [1.165, 1.54) is 25.0 Å². The molecule has 2 saturated heterocycles. The van der Waals surface area contributed by atoms with Gasteiger partial charge in [0.2, 0.25) is 23.6 Å². The Morgan fingerprint density at radius 1 is 0.967 bits per heavy atom. The van der Waals surface area contributed by atoms with Gasteiger partial charge in [0.15, 0.2) is 0 Å². The minimum Gasteiger partial charge on any atom is -0.457 e. The number of aromatic nitrogens is 2. The molecule has 4 amide bonds. The van der Waals surface area contributed by atoms with Crippen molar-refractivity contribution in [1.82, 2.24) is 34.5 Å². The summed E-state index contributed by atoms with van der Waals surface area (Å²) in [6, 6.07) is 14.8. The molecule has 1 aromatic heterocycles. The number of halogens is 3. The molecule has 0 unspecified atom stereocenters. The van der Waals surface area contributed by atoms with Crippen molar-refractivity contribution in [2.24, 2.45) is 13.0 Å². The van der Waals surface area contributed by atoms with Crippen LogP contribution in [0.5, 0.6) is 11.5 Å². The molecule has 2 aliphatic rings. The van der Waals surface area contributed by atoms with Crippen LogP contribution in [0, 0.1) is 11.7 Å². The molecule has 0 radical (unpaired) electrons. The molecule has 0 saturated carbocycles. The van der Waals surface area contributed by atoms with E-state index >= 15 is 4.39 Å². The molecule has 2 aliphatic heterocycles. The molecule has 3 aromatic carbocycles. The first-order valence-electron chi connectivity index (χ1n) is 20.3. The summed E-state index contributed by atoms with van der Waals surface area (Å²) in [6.07, 6.45) is 3.16. The lowest BCUT2D eigenvalue weighted by atomic mass is 9.80. The third-order valence-corrected chi connectivity index (χ3v) is 12.2. The third-order valence-electron chi connectivity index (χ3n) is 11.7. The first kappa shape index (κ1) is 45.5. The lowest BCUT2D eigenvalue weighted by molar-refractivity contribution is -0.152. The van der Waals surface area contributed by atoms with Gasteiger partial charge in [-0.15, -0.1) is 0 Å². The Morgan fingerprint density at radius 3 is 2.34 bits per heavy atom. The van der Waals surface area contributed by atoms with Crippen molar-refractivity contribution >= 4 is 46.8 Å². The van der Waals surface area contributed by atoms with Crippen molar-refractivity contribution in [3.8, 4) is 22.8 Å². The van der Waals surface area contributed by atoms with Crippen LogP contribution in [0.1, 0.15) is 50.1 Å². The van der Waals surface area contributed by atoms with Crippen LogP contribution < -0.4 is 10.1 Å². The maximum atomic E-state index is 16.1. The molecule has 0 aliphatic carbocycles. The van der Waals surface area contributed by atoms with E-state index in [2.05, 4.69) is 10.3 Å². The summed E-state index contributed by atoms with van der Waals surface area (Å²) in [5, 5.41) is 3.47. The van der Waals surface area contributed by atoms with Gasteiger partial charge in [-0.3, -0.25) is 19.2 Å². The van der Waals surface area contributed by atoms with Crippen molar-refractivity contribution in [3.05, 3.63) is 99.7 Å². The van der Waals surface area contributed by atoms with Crippen molar-refractivity contribution in [2.75, 3.05) is 47.9 Å². The average Bonchev–Trinajstić information content (AvgIpc) is 3.58. The maximum absolute atomic E-state index is 16.1. The summed E-state index contributed by atoms with van der Waals surface area (Å²) in [4.78, 5) is 68.5. The van der Waals surface area contributed by atoms with Gasteiger partial charge in [0.1, 0.15) is 35.2 Å². The Kier molecular flexibility index (Phi) is 14.4. The summed E-state index contributed by atoms with van der Waals surface area (Å²) < 4.78 is 29.8. The number of amides is 4. The van der Waals surface area contributed by atoms with E-state index in [1.807, 2.05) is 54.9 Å². The van der Waals surface area contributed by atoms with Gasteiger partial charge < -0.3 is 39.0 Å². The van der Waals surface area contributed by atoms with Gasteiger partial charge in [-0.25, -0.2) is 9.37 Å². The van der Waals surface area contributed by atoms with Crippen molar-refractivity contribution in [2.45, 2.75) is 70.2 Å². The fourth-order valence-corrected chi connectivity index (χ4v) is 8.56. The Balaban J connectivity index is 1.31. The molecular weight excluding hydrogens is 824 g/mol. The lowest BCUT2D eigenvalue weighted by Crippen LogP contribution is -2.65. The molecular formula is C45H54Cl2FN7O6. The monoisotopic (exact) mass is 877 g/mol. The van der Waals surface area contributed by atoms with Gasteiger partial charge in [0.25, 0.3) is 0 Å². The molecule has 16 heteroatoms. The molecule has 13 nitrogen and oxygen atoms in total. The number of rotatable bonds is 11. The molecule has 0 spiro atoms. The van der Waals surface area contributed by atoms with Crippen LogP contribution in [0.15, 0.2) is 66.9 Å². The zero-order chi connectivity index (χ0) is 44.2. The third kappa shape index (κ3) is 10.4. The highest BCUT2D eigenvalue weighted by molar-refractivity contribution is 6.31. The Labute approximate surface area is 366 Å². The zero-order valence-electron chi connectivity index (χ0n) is 35.7. The van der Waals surface area contributed by atoms with Gasteiger partial charge in [-0.2, -0.15) is 0 Å². The average molecular weight is 879 g/mol. The molecule has 6 rings (SSSR count). The van der Waals surface area contributed by atoms with Crippen LogP contribution in [0.2, 0.25) is 10.0 Å². The number of methoxy groups -OCH3 is 1. The minimum absolute atomic E-state index is 0.0335. The SMILES string of the molecule is COC[C@@H]1NC(=O)[C@H](C)N(Cc2c(F)cc(Cl)cc2Oc2ccc(-c3cnc(CN(C)C)n3C)cc2)C(=O)C[C@@H](C)C(=O)N2CCC[C@@](Cc3ccc(Cl)cc3)(C2)N(C)C1=O. The summed E-state index contributed by atoms with van der Waals surface area (Å²) in [7, 11) is 9.01. The number of fused-ring (bicyclic) bond motifs is 2. The number of carbonyl (C=O) groups is 4. The van der Waals surface area contributed by atoms with E-state index in [9.17, 15) is 19.2 Å². The highest BCUT2D eigenvalue weighted by Gasteiger charge is 2.46. The summed E-state index contributed by atoms with van der Waals surface area (Å²) in [5.74, 6) is -2.16. The van der Waals surface area contributed by atoms with E-state index in [0.717, 1.165) is 28.7 Å². The predicted octanol–water partition coefficient (Wildman–Crippen LogP) is 6.34. The van der Waals surface area contributed by atoms with E-state index < -0.39 is 53.6 Å². The van der Waals surface area contributed by atoms with Crippen LogP contribution >= 0.6 is 23.2 Å². The molecule has 3 heterocycles. The van der Waals surface area contributed by atoms with Gasteiger partial charge in [0, 0.05) is 67.8 Å². The number of benzene rings is 3. The standard InChI is InChI=1S/C45H54Cl2FN7O6/c1-28-19-41(56)55(24-35-36(48)20-33(47)21-39(35)61-34-15-11-31(12-16-34)38-23-49-40(52(38)5)25-51(3)4)29(2)42(57)50-37(26-60-7)44(59)53(6)45(17-8-18-54(27-45)43(28)58)22-30-9-13-32(46)14-10-30/h9-16,20-21,23,28-29,37H,8,17-19,22,24-27H2,1-7H3,(H,50,57)/t28-,29+,37+,45-/m1/s1. The molecule has 4 atom stereocenters. The smallest absolute Gasteiger partial charge is 0.247 e. The van der Waals surface area contributed by atoms with Crippen LogP contribution in [0.3, 0.4) is 0 Å². The topological polar surface area (TPSA) is 130 Å². The maximum Gasteiger partial charge on any atom is 0.247 e. The number of piperidine rings is 1. The Bertz CT molecular complexity index is 2240. The van der Waals surface area contributed by atoms with Crippen LogP contribution in [0.4, 0.5) is 4.39 Å². The Hall–Kier alpha value is -5.02. The predicted molar refractivity (Wildman–Crippen MR) is 232 cm³/mol. The molecule has 4 aromatic rings. The van der Waals surface area contributed by atoms with Crippen LogP contribution in [0.25, 0.3) is 11.3 Å². The number of carbonyl (C=O) groups excluding carboxylic acids is 4. The summed E-state index contributed by atoms with van der Waals surface area (Å²) in [5.41, 5.74) is 1.84. The van der Waals surface area contributed by atoms with Crippen LogP contribution in [-0.2, 0) is 50.5 Å². The number of nitrogens with one attached hydrogen (secondary N) is 1. The van der Waals surface area contributed by atoms with Crippen LogP contribution in [-0.4, -0.2) is 118 Å². The zero-order valence-corrected chi connectivity index (χ0v) is 37.2. The molecule has 2 fully saturated rings. The normalized spacial score (nSPS) is 21.8. The number of imidazole rings is 1. The highest BCUT2D eigenvalue weighted by atomic mass is 35.5. The van der Waals surface area contributed by atoms with Gasteiger partial charge in [-0.05, 0) is 94.4 Å². The molecule has 1 N–H and O–H groups in total. The number of likely N-dealkylation sites (N-methyl/N-ethyl adjacent to an activating group) is 1. The summed E-state index contributed by atoms with van der Waals surface area (Å²) >= 11 is 12.6. The fraction of sp³-hybridized carbons (Fsp3) is 0.444. The van der Waals surface area contributed by atoms with E-state index in [1.54, 1.807) is 54.2 Å². The van der Waals surface area contributed by atoms with Gasteiger partial charge in [-0.1, -0.05) is 42.3 Å². The lowest BCUT2D eigenvalue weighted by Gasteiger charge is -2.50. The van der Waals surface area contributed by atoms with Crippen molar-refractivity contribution in [3.63, 3.8) is 0 Å². The van der Waals surface area contributed by atoms with E-state index in [0.29, 0.717) is 43.1 Å². The Morgan fingerprint density at radius 2 is 1.67 bits per heavy atom. The summed E-state index contributed by atoms with van der Waals surface area (Å²) in [6.45, 7) is 3.92. The molecule has 61 heavy (non-hydrogen) atoms. The highest BCUT2D eigenvalue weighted by Crippen LogP contribution is 2.36. The van der Waals surface area contributed by atoms with Gasteiger partial charge >= 0.3 is 0 Å². The number of nitrogens with zero attached hydrogens (tertiary/aromatic N) is 6. The second-order valence-corrected chi connectivity index (χ2v) is 17.3. The van der Waals surface area contributed by atoms with Crippen molar-refractivity contribution in [1.29, 1.82) is 0 Å². The van der Waals surface area contributed by atoms with Gasteiger partial charge in [0.05, 0.1) is 37.1 Å². The second-order valence-electron chi connectivity index (χ2n) is 16.5. The molecule has 326 valence electrons. The molecule has 2 bridgehead atoms. The first-order valence-corrected chi connectivity index (χ1v) is 21.1. The van der Waals surface area contributed by atoms with E-state index in [-0.39, 0.29) is 41.8 Å². The second kappa shape index (κ2) is 19.4. The first-order chi connectivity index (χ1) is 29.0. The minimum atomic E-state index is -1.23. The largest absolute Gasteiger partial charge is 0.457 e. The number of hydrogen-bond donors (Lipinski definition) is 1. The van der Waals surface area contributed by atoms with Crippen molar-refractivity contribution < 1.29 is 33.0 Å². The van der Waals surface area contributed by atoms with E-state index in [4.69, 9.17) is 32.7 Å². The fourth-order valence-electron chi connectivity index (χ4n) is 8.24.